The highest BCUT2D eigenvalue weighted by Gasteiger charge is 2.27. The number of hydrogen-bond acceptors (Lipinski definition) is 6. The lowest BCUT2D eigenvalue weighted by atomic mass is 9.96. The first-order chi connectivity index (χ1) is 12.8. The summed E-state index contributed by atoms with van der Waals surface area (Å²) < 4.78 is 5.63. The highest BCUT2D eigenvalue weighted by Crippen LogP contribution is 2.33. The maximum absolute atomic E-state index is 12.0. The number of rotatable bonds is 3. The molecule has 2 aromatic rings. The third-order valence-corrected chi connectivity index (χ3v) is 4.26. The lowest BCUT2D eigenvalue weighted by molar-refractivity contribution is -0.384. The van der Waals surface area contributed by atoms with Gasteiger partial charge in [-0.25, -0.2) is 0 Å². The van der Waals surface area contributed by atoms with Crippen LogP contribution in [0.4, 0.5) is 5.69 Å². The van der Waals surface area contributed by atoms with Gasteiger partial charge in [-0.15, -0.1) is 0 Å². The molecule has 1 N–H and O–H groups in total. The quantitative estimate of drug-likeness (QED) is 0.374. The number of nitrogens with zero attached hydrogens (tertiary/aromatic N) is 2. The van der Waals surface area contributed by atoms with Crippen molar-refractivity contribution in [2.45, 2.75) is 6.92 Å². The predicted molar refractivity (Wildman–Crippen MR) is 95.2 cm³/mol. The normalized spacial score (nSPS) is 15.7. The molecule has 0 bridgehead atoms. The van der Waals surface area contributed by atoms with Crippen LogP contribution in [0.15, 0.2) is 51.5 Å². The zero-order valence-corrected chi connectivity index (χ0v) is 14.5. The Bertz CT molecular complexity index is 1100. The second-order valence-corrected chi connectivity index (χ2v) is 5.98. The third-order valence-electron chi connectivity index (χ3n) is 3.93. The van der Waals surface area contributed by atoms with Crippen molar-refractivity contribution >= 4 is 35.2 Å². The Hall–Kier alpha value is -3.70. The van der Waals surface area contributed by atoms with Gasteiger partial charge in [-0.05, 0) is 36.8 Å². The second-order valence-electron chi connectivity index (χ2n) is 5.58. The standard InChI is InChI=1S/C18H10ClN3O5/c1-9-12(17(23)21-18(24)14(9)8-20)7-11-3-5-16(27-11)13-6-10(22(25)26)2-4-15(13)19/h2-7H,1H3,(H,21,23,24)/b12-7+. The van der Waals surface area contributed by atoms with Crippen molar-refractivity contribution in [2.24, 2.45) is 0 Å². The van der Waals surface area contributed by atoms with Crippen molar-refractivity contribution in [1.82, 2.24) is 5.32 Å². The zero-order valence-electron chi connectivity index (χ0n) is 13.8. The van der Waals surface area contributed by atoms with Gasteiger partial charge in [0, 0.05) is 23.3 Å². The molecule has 134 valence electrons. The van der Waals surface area contributed by atoms with E-state index in [4.69, 9.17) is 21.3 Å². The summed E-state index contributed by atoms with van der Waals surface area (Å²) in [5.74, 6) is -0.878. The first-order valence-corrected chi connectivity index (χ1v) is 7.92. The monoisotopic (exact) mass is 383 g/mol. The number of imide groups is 1. The number of amides is 2. The lowest BCUT2D eigenvalue weighted by Crippen LogP contribution is -2.37. The van der Waals surface area contributed by atoms with E-state index in [9.17, 15) is 19.7 Å². The summed E-state index contributed by atoms with van der Waals surface area (Å²) in [5.41, 5.74) is 0.362. The Labute approximate surface area is 157 Å². The van der Waals surface area contributed by atoms with Crippen LogP contribution in [0.1, 0.15) is 12.7 Å². The fourth-order valence-electron chi connectivity index (χ4n) is 2.55. The van der Waals surface area contributed by atoms with Gasteiger partial charge in [0.25, 0.3) is 17.5 Å². The average Bonchev–Trinajstić information content (AvgIpc) is 3.07. The van der Waals surface area contributed by atoms with Crippen LogP contribution in [0.25, 0.3) is 17.4 Å². The molecule has 1 aliphatic heterocycles. The molecule has 0 saturated carbocycles. The van der Waals surface area contributed by atoms with Gasteiger partial charge >= 0.3 is 0 Å². The third kappa shape index (κ3) is 3.36. The van der Waals surface area contributed by atoms with Gasteiger partial charge in [0.2, 0.25) is 0 Å². The molecular formula is C18H10ClN3O5. The topological polar surface area (TPSA) is 126 Å². The summed E-state index contributed by atoms with van der Waals surface area (Å²) in [4.78, 5) is 34.1. The Morgan fingerprint density at radius 1 is 1.26 bits per heavy atom. The number of benzene rings is 1. The van der Waals surface area contributed by atoms with Crippen molar-refractivity contribution < 1.29 is 18.9 Å². The molecular weight excluding hydrogens is 374 g/mol. The van der Waals surface area contributed by atoms with Crippen LogP contribution >= 0.6 is 11.6 Å². The van der Waals surface area contributed by atoms with E-state index >= 15 is 0 Å². The van der Waals surface area contributed by atoms with E-state index in [0.29, 0.717) is 5.56 Å². The van der Waals surface area contributed by atoms with Crippen molar-refractivity contribution in [3.05, 3.63) is 67.9 Å². The first kappa shape index (κ1) is 18.1. The summed E-state index contributed by atoms with van der Waals surface area (Å²) in [6.07, 6.45) is 1.38. The number of hydrogen-bond donors (Lipinski definition) is 1. The zero-order chi connectivity index (χ0) is 19.7. The fraction of sp³-hybridized carbons (Fsp3) is 0.0556. The molecule has 1 aromatic heterocycles. The number of carbonyl (C=O) groups is 2. The van der Waals surface area contributed by atoms with Crippen LogP contribution in [0.5, 0.6) is 0 Å². The summed E-state index contributed by atoms with van der Waals surface area (Å²) in [6, 6.07) is 8.80. The first-order valence-electron chi connectivity index (χ1n) is 7.54. The highest BCUT2D eigenvalue weighted by molar-refractivity contribution is 6.33. The number of nitriles is 1. The van der Waals surface area contributed by atoms with Crippen LogP contribution in [-0.2, 0) is 9.59 Å². The molecule has 0 saturated heterocycles. The number of nitrogens with one attached hydrogen (secondary N) is 1. The van der Waals surface area contributed by atoms with Crippen LogP contribution in [0, 0.1) is 21.4 Å². The van der Waals surface area contributed by atoms with Gasteiger partial charge < -0.3 is 4.42 Å². The molecule has 0 spiro atoms. The Kier molecular flexibility index (Phi) is 4.62. The molecule has 1 aromatic carbocycles. The van der Waals surface area contributed by atoms with Crippen molar-refractivity contribution in [3.63, 3.8) is 0 Å². The van der Waals surface area contributed by atoms with E-state index in [-0.39, 0.29) is 38.9 Å². The largest absolute Gasteiger partial charge is 0.457 e. The summed E-state index contributed by atoms with van der Waals surface area (Å²) in [5, 5.41) is 22.3. The molecule has 1 aliphatic rings. The van der Waals surface area contributed by atoms with Crippen molar-refractivity contribution in [1.29, 1.82) is 5.26 Å². The number of nitro benzene ring substituents is 1. The van der Waals surface area contributed by atoms with Crippen LogP contribution < -0.4 is 5.32 Å². The van der Waals surface area contributed by atoms with E-state index < -0.39 is 16.7 Å². The minimum Gasteiger partial charge on any atom is -0.457 e. The molecule has 0 radical (unpaired) electrons. The molecule has 8 nitrogen and oxygen atoms in total. The van der Waals surface area contributed by atoms with Crippen LogP contribution in [0.2, 0.25) is 5.02 Å². The van der Waals surface area contributed by atoms with Gasteiger partial charge in [0.15, 0.2) is 0 Å². The maximum atomic E-state index is 12.0. The van der Waals surface area contributed by atoms with E-state index in [1.807, 2.05) is 0 Å². The van der Waals surface area contributed by atoms with E-state index in [2.05, 4.69) is 5.32 Å². The Morgan fingerprint density at radius 2 is 2.00 bits per heavy atom. The fourth-order valence-corrected chi connectivity index (χ4v) is 2.76. The molecule has 0 fully saturated rings. The second kappa shape index (κ2) is 6.90. The summed E-state index contributed by atoms with van der Waals surface area (Å²) in [7, 11) is 0. The molecule has 0 atom stereocenters. The molecule has 27 heavy (non-hydrogen) atoms. The number of furan rings is 1. The smallest absolute Gasteiger partial charge is 0.270 e. The van der Waals surface area contributed by atoms with Crippen LogP contribution in [-0.4, -0.2) is 16.7 Å². The molecule has 3 rings (SSSR count). The summed E-state index contributed by atoms with van der Waals surface area (Å²) in [6.45, 7) is 1.49. The Morgan fingerprint density at radius 3 is 2.67 bits per heavy atom. The van der Waals surface area contributed by atoms with Gasteiger partial charge in [0.1, 0.15) is 23.2 Å². The molecule has 2 amide bonds. The summed E-state index contributed by atoms with van der Waals surface area (Å²) >= 11 is 6.09. The predicted octanol–water partition coefficient (Wildman–Crippen LogP) is 3.39. The molecule has 9 heteroatoms. The number of nitro groups is 1. The van der Waals surface area contributed by atoms with Crippen molar-refractivity contribution in [2.75, 3.05) is 0 Å². The van der Waals surface area contributed by atoms with Crippen LogP contribution in [0.3, 0.4) is 0 Å². The minimum atomic E-state index is -0.749. The van der Waals surface area contributed by atoms with Gasteiger partial charge in [-0.3, -0.25) is 25.0 Å². The van der Waals surface area contributed by atoms with Gasteiger partial charge in [0.05, 0.1) is 9.95 Å². The number of non-ortho nitro benzene ring substituents is 1. The molecule has 0 aliphatic carbocycles. The van der Waals surface area contributed by atoms with E-state index in [1.165, 1.54) is 31.2 Å². The lowest BCUT2D eigenvalue weighted by Gasteiger charge is -2.15. The van der Waals surface area contributed by atoms with E-state index in [0.717, 1.165) is 0 Å². The molecule has 0 unspecified atom stereocenters. The number of carbonyl (C=O) groups excluding carboxylic acids is 2. The van der Waals surface area contributed by atoms with Gasteiger partial charge in [-0.1, -0.05) is 11.6 Å². The maximum Gasteiger partial charge on any atom is 0.270 e. The SMILES string of the molecule is CC1=C(C#N)C(=O)NC(=O)/C1=C/c1ccc(-c2cc([N+](=O)[O-])ccc2Cl)o1. The highest BCUT2D eigenvalue weighted by atomic mass is 35.5. The number of halogens is 1. The van der Waals surface area contributed by atoms with Crippen molar-refractivity contribution in [3.8, 4) is 17.4 Å². The van der Waals surface area contributed by atoms with Gasteiger partial charge in [-0.2, -0.15) is 5.26 Å². The Balaban J connectivity index is 2.04. The van der Waals surface area contributed by atoms with E-state index in [1.54, 1.807) is 18.2 Å². The molecule has 2 heterocycles. The average molecular weight is 384 g/mol. The minimum absolute atomic E-state index is 0.109.